The standard InChI is InChI=1S/C28H23Cl2F3N4O4/c1-17(40-22-4-3-5-23(14-22)41-28(31,32)33)36(15-18-6-10-20(29)11-7-18)24-25(34)35(2)27(39)37(26(24)38)16-19-8-12-21(30)13-9-19/h3-14H,1,15-16,34H2,2H3. The number of alkyl halides is 3. The normalized spacial score (nSPS) is 11.3. The zero-order chi connectivity index (χ0) is 29.9. The Bertz CT molecular complexity index is 1690. The van der Waals surface area contributed by atoms with E-state index in [0.29, 0.717) is 21.2 Å². The third kappa shape index (κ3) is 7.24. The van der Waals surface area contributed by atoms with Gasteiger partial charge in [0.25, 0.3) is 5.56 Å². The van der Waals surface area contributed by atoms with Crippen LogP contribution in [0.15, 0.2) is 94.8 Å². The van der Waals surface area contributed by atoms with E-state index in [1.807, 2.05) is 0 Å². The summed E-state index contributed by atoms with van der Waals surface area (Å²) in [7, 11) is 1.40. The number of hydrogen-bond acceptors (Lipinski definition) is 6. The van der Waals surface area contributed by atoms with Gasteiger partial charge in [-0.3, -0.25) is 13.9 Å². The van der Waals surface area contributed by atoms with Gasteiger partial charge in [0.2, 0.25) is 0 Å². The van der Waals surface area contributed by atoms with Crippen molar-refractivity contribution >= 4 is 34.7 Å². The average Bonchev–Trinajstić information content (AvgIpc) is 2.91. The third-order valence-electron chi connectivity index (χ3n) is 5.92. The van der Waals surface area contributed by atoms with Crippen LogP contribution in [-0.2, 0) is 20.1 Å². The second-order valence-corrected chi connectivity index (χ2v) is 9.70. The molecule has 3 aromatic carbocycles. The van der Waals surface area contributed by atoms with Crippen molar-refractivity contribution in [1.82, 2.24) is 9.13 Å². The lowest BCUT2D eigenvalue weighted by molar-refractivity contribution is -0.274. The largest absolute Gasteiger partial charge is 0.573 e. The highest BCUT2D eigenvalue weighted by Crippen LogP contribution is 2.29. The molecule has 0 fully saturated rings. The predicted octanol–water partition coefficient (Wildman–Crippen LogP) is 5.94. The van der Waals surface area contributed by atoms with Crippen molar-refractivity contribution < 1.29 is 22.6 Å². The Morgan fingerprint density at radius 3 is 2.10 bits per heavy atom. The van der Waals surface area contributed by atoms with Crippen molar-refractivity contribution in [3.05, 3.63) is 127 Å². The maximum atomic E-state index is 13.8. The summed E-state index contributed by atoms with van der Waals surface area (Å²) in [6.07, 6.45) is -4.91. The van der Waals surface area contributed by atoms with Crippen molar-refractivity contribution in [2.24, 2.45) is 7.05 Å². The molecule has 0 unspecified atom stereocenters. The van der Waals surface area contributed by atoms with Crippen LogP contribution in [0.1, 0.15) is 11.1 Å². The number of hydrogen-bond donors (Lipinski definition) is 1. The molecule has 0 aliphatic carbocycles. The first-order chi connectivity index (χ1) is 19.3. The molecule has 4 rings (SSSR count). The van der Waals surface area contributed by atoms with Crippen LogP contribution >= 0.6 is 23.2 Å². The number of anilines is 2. The van der Waals surface area contributed by atoms with E-state index in [-0.39, 0.29) is 36.2 Å². The van der Waals surface area contributed by atoms with Crippen LogP contribution in [0, 0.1) is 0 Å². The number of benzene rings is 3. The molecular weight excluding hydrogens is 584 g/mol. The maximum Gasteiger partial charge on any atom is 0.573 e. The number of halogens is 5. The van der Waals surface area contributed by atoms with Gasteiger partial charge in [-0.1, -0.05) is 53.5 Å². The smallest absolute Gasteiger partial charge is 0.441 e. The predicted molar refractivity (Wildman–Crippen MR) is 151 cm³/mol. The number of ether oxygens (including phenoxy) is 2. The maximum absolute atomic E-state index is 13.8. The zero-order valence-electron chi connectivity index (χ0n) is 21.5. The Morgan fingerprint density at radius 1 is 0.951 bits per heavy atom. The fourth-order valence-corrected chi connectivity index (χ4v) is 4.18. The highest BCUT2D eigenvalue weighted by Gasteiger charge is 2.31. The van der Waals surface area contributed by atoms with E-state index < -0.39 is 23.4 Å². The quantitative estimate of drug-likeness (QED) is 0.237. The monoisotopic (exact) mass is 606 g/mol. The molecule has 0 bridgehead atoms. The van der Waals surface area contributed by atoms with Gasteiger partial charge in [-0.15, -0.1) is 13.2 Å². The minimum absolute atomic E-state index is 0.0205. The average molecular weight is 607 g/mol. The van der Waals surface area contributed by atoms with Gasteiger partial charge >= 0.3 is 12.1 Å². The topological polar surface area (TPSA) is 91.7 Å². The summed E-state index contributed by atoms with van der Waals surface area (Å²) in [5.74, 6) is -0.911. The summed E-state index contributed by atoms with van der Waals surface area (Å²) in [5, 5.41) is 0.961. The van der Waals surface area contributed by atoms with E-state index >= 15 is 0 Å². The molecule has 1 heterocycles. The summed E-state index contributed by atoms with van der Waals surface area (Å²) in [6.45, 7) is 3.80. The molecule has 0 aliphatic rings. The van der Waals surface area contributed by atoms with E-state index in [1.165, 1.54) is 24.1 Å². The zero-order valence-corrected chi connectivity index (χ0v) is 23.0. The molecule has 0 amide bonds. The second kappa shape index (κ2) is 12.0. The molecule has 0 spiro atoms. The van der Waals surface area contributed by atoms with Gasteiger partial charge in [0.1, 0.15) is 17.3 Å². The first-order valence-corrected chi connectivity index (χ1v) is 12.7. The van der Waals surface area contributed by atoms with Crippen LogP contribution < -0.4 is 31.4 Å². The number of nitrogens with two attached hydrogens (primary N) is 1. The number of rotatable bonds is 9. The third-order valence-corrected chi connectivity index (χ3v) is 6.43. The van der Waals surface area contributed by atoms with E-state index in [2.05, 4.69) is 11.3 Å². The van der Waals surface area contributed by atoms with Crippen LogP contribution in [0.3, 0.4) is 0 Å². The van der Waals surface area contributed by atoms with Gasteiger partial charge < -0.3 is 20.1 Å². The molecule has 13 heteroatoms. The van der Waals surface area contributed by atoms with Crippen LogP contribution in [0.2, 0.25) is 10.0 Å². The molecule has 41 heavy (non-hydrogen) atoms. The summed E-state index contributed by atoms with van der Waals surface area (Å²) in [4.78, 5) is 28.2. The van der Waals surface area contributed by atoms with Gasteiger partial charge in [0.15, 0.2) is 11.6 Å². The summed E-state index contributed by atoms with van der Waals surface area (Å²) >= 11 is 12.0. The van der Waals surface area contributed by atoms with E-state index in [9.17, 15) is 22.8 Å². The Morgan fingerprint density at radius 2 is 1.51 bits per heavy atom. The molecule has 1 aromatic heterocycles. The highest BCUT2D eigenvalue weighted by atomic mass is 35.5. The SMILES string of the molecule is C=C(Oc1cccc(OC(F)(F)F)c1)N(Cc1ccc(Cl)cc1)c1c(N)n(C)c(=O)n(Cc2ccc(Cl)cc2)c1=O. The second-order valence-electron chi connectivity index (χ2n) is 8.82. The first kappa shape index (κ1) is 29.6. The highest BCUT2D eigenvalue weighted by molar-refractivity contribution is 6.30. The summed E-state index contributed by atoms with van der Waals surface area (Å²) in [6, 6.07) is 18.1. The summed E-state index contributed by atoms with van der Waals surface area (Å²) < 4.78 is 50.1. The molecule has 214 valence electrons. The van der Waals surface area contributed by atoms with Crippen LogP contribution in [0.25, 0.3) is 0 Å². The van der Waals surface area contributed by atoms with E-state index in [1.54, 1.807) is 48.5 Å². The van der Waals surface area contributed by atoms with Gasteiger partial charge in [-0.25, -0.2) is 4.79 Å². The molecule has 0 atom stereocenters. The van der Waals surface area contributed by atoms with E-state index in [0.717, 1.165) is 21.3 Å². The van der Waals surface area contributed by atoms with Crippen molar-refractivity contribution in [1.29, 1.82) is 0 Å². The number of nitrogen functional groups attached to an aromatic ring is 1. The van der Waals surface area contributed by atoms with Crippen LogP contribution in [0.4, 0.5) is 24.7 Å². The first-order valence-electron chi connectivity index (χ1n) is 11.9. The molecular formula is C28H23Cl2F3N4O4. The number of nitrogens with zero attached hydrogens (tertiary/aromatic N) is 3. The minimum atomic E-state index is -4.91. The Hall–Kier alpha value is -4.35. The van der Waals surface area contributed by atoms with E-state index in [4.69, 9.17) is 33.7 Å². The lowest BCUT2D eigenvalue weighted by Gasteiger charge is -2.28. The van der Waals surface area contributed by atoms with Crippen molar-refractivity contribution in [3.63, 3.8) is 0 Å². The van der Waals surface area contributed by atoms with Gasteiger partial charge in [-0.05, 0) is 54.1 Å². The minimum Gasteiger partial charge on any atom is -0.441 e. The van der Waals surface area contributed by atoms with Crippen molar-refractivity contribution in [2.75, 3.05) is 10.6 Å². The van der Waals surface area contributed by atoms with Gasteiger partial charge in [-0.2, -0.15) is 0 Å². The Labute approximate surface area is 242 Å². The fraction of sp³-hybridized carbons (Fsp3) is 0.143. The molecule has 0 radical (unpaired) electrons. The molecule has 0 saturated carbocycles. The Balaban J connectivity index is 1.79. The van der Waals surface area contributed by atoms with Crippen molar-refractivity contribution in [2.45, 2.75) is 19.5 Å². The molecule has 0 saturated heterocycles. The molecule has 4 aromatic rings. The van der Waals surface area contributed by atoms with Gasteiger partial charge in [0, 0.05) is 23.2 Å². The van der Waals surface area contributed by atoms with Crippen LogP contribution in [0.5, 0.6) is 11.5 Å². The number of aromatic nitrogens is 2. The fourth-order valence-electron chi connectivity index (χ4n) is 3.92. The molecule has 2 N–H and O–H groups in total. The molecule has 0 aliphatic heterocycles. The lowest BCUT2D eigenvalue weighted by Crippen LogP contribution is -2.44. The van der Waals surface area contributed by atoms with Crippen molar-refractivity contribution in [3.8, 4) is 11.5 Å². The van der Waals surface area contributed by atoms with Gasteiger partial charge in [0.05, 0.1) is 13.1 Å². The Kier molecular flexibility index (Phi) is 8.69. The lowest BCUT2D eigenvalue weighted by atomic mass is 10.2. The summed E-state index contributed by atoms with van der Waals surface area (Å²) in [5.41, 5.74) is 6.04. The van der Waals surface area contributed by atoms with Crippen LogP contribution in [-0.4, -0.2) is 15.5 Å². The molecule has 8 nitrogen and oxygen atoms in total.